The van der Waals surface area contributed by atoms with Gasteiger partial charge in [-0.2, -0.15) is 0 Å². The lowest BCUT2D eigenvalue weighted by Gasteiger charge is -2.37. The number of fused-ring (bicyclic) bond motifs is 2. The fourth-order valence-corrected chi connectivity index (χ4v) is 4.50. The van der Waals surface area contributed by atoms with Gasteiger partial charge in [0.2, 0.25) is 8.32 Å². The molecule has 0 aliphatic carbocycles. The lowest BCUT2D eigenvalue weighted by atomic mass is 10.0. The Hall–Kier alpha value is -2.80. The van der Waals surface area contributed by atoms with Crippen molar-refractivity contribution in [2.45, 2.75) is 58.0 Å². The fraction of sp³-hybridized carbons (Fsp3) is 0.391. The topological polar surface area (TPSA) is 76.7 Å². The average molecular weight is 425 g/mol. The molecule has 30 heavy (non-hydrogen) atoms. The van der Waals surface area contributed by atoms with E-state index in [2.05, 4.69) is 50.6 Å². The Bertz CT molecular complexity index is 1030. The Balaban J connectivity index is 1.53. The molecule has 1 unspecified atom stereocenters. The van der Waals surface area contributed by atoms with E-state index >= 15 is 0 Å². The summed E-state index contributed by atoms with van der Waals surface area (Å²) < 4.78 is 12.6. The fourth-order valence-electron chi connectivity index (χ4n) is 3.48. The maximum absolute atomic E-state index is 12.2. The van der Waals surface area contributed by atoms with Crippen LogP contribution >= 0.6 is 0 Å². The summed E-state index contributed by atoms with van der Waals surface area (Å²) in [4.78, 5) is 24.1. The molecule has 1 atom stereocenters. The Morgan fingerprint density at radius 3 is 2.63 bits per heavy atom. The summed E-state index contributed by atoms with van der Waals surface area (Å²) in [6.07, 6.45) is 1.32. The van der Waals surface area contributed by atoms with Crippen molar-refractivity contribution in [2.75, 3.05) is 5.32 Å². The first-order chi connectivity index (χ1) is 14.0. The number of anilines is 1. The summed E-state index contributed by atoms with van der Waals surface area (Å²) in [7, 11) is -1.94. The van der Waals surface area contributed by atoms with Crippen molar-refractivity contribution >= 4 is 25.8 Å². The van der Waals surface area contributed by atoms with Gasteiger partial charge in [0.15, 0.2) is 6.23 Å². The lowest BCUT2D eigenvalue weighted by molar-refractivity contribution is 0.0880. The second kappa shape index (κ2) is 7.16. The van der Waals surface area contributed by atoms with Crippen LogP contribution in [0.25, 0.3) is 0 Å². The average Bonchev–Trinajstić information content (AvgIpc) is 2.95. The lowest BCUT2D eigenvalue weighted by Crippen LogP contribution is -2.43. The SMILES string of the molecule is CC(C)(C)[Si](C)(C)Oc1ccc2c(c1)OC(Nc1cccc3c1C(=O)NC3=O)CC2. The highest BCUT2D eigenvalue weighted by Crippen LogP contribution is 2.39. The summed E-state index contributed by atoms with van der Waals surface area (Å²) in [5, 5.41) is 5.75. The standard InChI is InChI=1S/C23H28N2O4Si/c1-23(2,3)30(4,5)29-15-11-9-14-10-12-19(28-18(14)13-15)24-17-8-6-7-16-20(17)22(27)25-21(16)26/h6-9,11,13,19,24H,10,12H2,1-5H3,(H,25,26,27). The molecule has 0 saturated heterocycles. The van der Waals surface area contributed by atoms with E-state index in [9.17, 15) is 9.59 Å². The van der Waals surface area contributed by atoms with Crippen molar-refractivity contribution in [3.8, 4) is 11.5 Å². The normalized spacial score (nSPS) is 18.2. The van der Waals surface area contributed by atoms with Crippen LogP contribution in [0, 0.1) is 0 Å². The number of imide groups is 1. The smallest absolute Gasteiger partial charge is 0.261 e. The third-order valence-electron chi connectivity index (χ3n) is 6.24. The van der Waals surface area contributed by atoms with Crippen molar-refractivity contribution in [2.24, 2.45) is 0 Å². The van der Waals surface area contributed by atoms with Gasteiger partial charge in [-0.15, -0.1) is 0 Å². The monoisotopic (exact) mass is 424 g/mol. The van der Waals surface area contributed by atoms with Gasteiger partial charge >= 0.3 is 0 Å². The number of rotatable bonds is 4. The largest absolute Gasteiger partial charge is 0.543 e. The summed E-state index contributed by atoms with van der Waals surface area (Å²) >= 11 is 0. The third-order valence-corrected chi connectivity index (χ3v) is 10.6. The van der Waals surface area contributed by atoms with Crippen LogP contribution in [0.15, 0.2) is 36.4 Å². The molecule has 4 rings (SSSR count). The number of carbonyl (C=O) groups is 2. The highest BCUT2D eigenvalue weighted by atomic mass is 28.4. The summed E-state index contributed by atoms with van der Waals surface area (Å²) in [5.74, 6) is 0.884. The first kappa shape index (κ1) is 20.5. The molecule has 2 heterocycles. The van der Waals surface area contributed by atoms with Crippen molar-refractivity contribution in [3.63, 3.8) is 0 Å². The van der Waals surface area contributed by atoms with Crippen LogP contribution in [0.5, 0.6) is 11.5 Å². The molecular formula is C23H28N2O4Si. The molecule has 2 aromatic carbocycles. The summed E-state index contributed by atoms with van der Waals surface area (Å²) in [6, 6.07) is 11.3. The molecule has 7 heteroatoms. The molecule has 0 bridgehead atoms. The molecule has 2 amide bonds. The zero-order valence-electron chi connectivity index (χ0n) is 18.1. The van der Waals surface area contributed by atoms with Crippen molar-refractivity contribution in [1.82, 2.24) is 5.32 Å². The van der Waals surface area contributed by atoms with E-state index in [0.29, 0.717) is 16.8 Å². The summed E-state index contributed by atoms with van der Waals surface area (Å²) in [6.45, 7) is 11.1. The zero-order chi connectivity index (χ0) is 21.7. The van der Waals surface area contributed by atoms with E-state index in [1.807, 2.05) is 12.1 Å². The number of carbonyl (C=O) groups excluding carboxylic acids is 2. The van der Waals surface area contributed by atoms with Crippen molar-refractivity contribution in [3.05, 3.63) is 53.1 Å². The number of hydrogen-bond donors (Lipinski definition) is 2. The maximum Gasteiger partial charge on any atom is 0.261 e. The van der Waals surface area contributed by atoms with Gasteiger partial charge in [0, 0.05) is 12.5 Å². The molecule has 6 nitrogen and oxygen atoms in total. The number of benzene rings is 2. The third kappa shape index (κ3) is 3.69. The highest BCUT2D eigenvalue weighted by molar-refractivity contribution is 6.74. The Labute approximate surface area is 178 Å². The van der Waals surface area contributed by atoms with Crippen LogP contribution in [0.2, 0.25) is 18.1 Å². The minimum Gasteiger partial charge on any atom is -0.543 e. The predicted octanol–water partition coefficient (Wildman–Crippen LogP) is 4.72. The van der Waals surface area contributed by atoms with Crippen molar-refractivity contribution < 1.29 is 18.8 Å². The van der Waals surface area contributed by atoms with Gasteiger partial charge < -0.3 is 14.5 Å². The second-order valence-electron chi connectivity index (χ2n) is 9.43. The number of aryl methyl sites for hydroxylation is 1. The van der Waals surface area contributed by atoms with Gasteiger partial charge in [0.1, 0.15) is 11.5 Å². The van der Waals surface area contributed by atoms with Crippen LogP contribution < -0.4 is 19.8 Å². The van der Waals surface area contributed by atoms with E-state index in [0.717, 1.165) is 29.9 Å². The molecule has 0 aromatic heterocycles. The molecule has 2 aromatic rings. The zero-order valence-corrected chi connectivity index (χ0v) is 19.1. The molecule has 0 fully saturated rings. The van der Waals surface area contributed by atoms with Crippen LogP contribution in [-0.2, 0) is 6.42 Å². The highest BCUT2D eigenvalue weighted by Gasteiger charge is 2.39. The van der Waals surface area contributed by atoms with Crippen LogP contribution in [0.3, 0.4) is 0 Å². The van der Waals surface area contributed by atoms with E-state index < -0.39 is 8.32 Å². The van der Waals surface area contributed by atoms with E-state index in [1.165, 1.54) is 0 Å². The molecular weight excluding hydrogens is 396 g/mol. The Kier molecular flexibility index (Phi) is 4.89. The Morgan fingerprint density at radius 2 is 1.90 bits per heavy atom. The van der Waals surface area contributed by atoms with Crippen LogP contribution in [-0.4, -0.2) is 26.4 Å². The van der Waals surface area contributed by atoms with Gasteiger partial charge in [0.25, 0.3) is 11.8 Å². The van der Waals surface area contributed by atoms with Crippen molar-refractivity contribution in [1.29, 1.82) is 0 Å². The Morgan fingerprint density at radius 1 is 1.13 bits per heavy atom. The first-order valence-electron chi connectivity index (χ1n) is 10.3. The second-order valence-corrected chi connectivity index (χ2v) is 14.2. The first-order valence-corrected chi connectivity index (χ1v) is 13.2. The minimum atomic E-state index is -1.94. The molecule has 2 aliphatic heterocycles. The number of nitrogens with one attached hydrogen (secondary N) is 2. The van der Waals surface area contributed by atoms with E-state index in [4.69, 9.17) is 9.16 Å². The molecule has 2 N–H and O–H groups in total. The molecule has 158 valence electrons. The van der Waals surface area contributed by atoms with Crippen LogP contribution in [0.4, 0.5) is 5.69 Å². The predicted molar refractivity (Wildman–Crippen MR) is 119 cm³/mol. The number of amides is 2. The van der Waals surface area contributed by atoms with Gasteiger partial charge in [-0.25, -0.2) is 0 Å². The number of hydrogen-bond acceptors (Lipinski definition) is 5. The van der Waals surface area contributed by atoms with Gasteiger partial charge in [-0.3, -0.25) is 14.9 Å². The van der Waals surface area contributed by atoms with Gasteiger partial charge in [0.05, 0.1) is 16.8 Å². The molecule has 0 saturated carbocycles. The number of ether oxygens (including phenoxy) is 1. The van der Waals surface area contributed by atoms with E-state index in [-0.39, 0.29) is 23.1 Å². The van der Waals surface area contributed by atoms with Crippen LogP contribution in [0.1, 0.15) is 53.5 Å². The summed E-state index contributed by atoms with van der Waals surface area (Å²) in [5.41, 5.74) is 2.53. The molecule has 2 aliphatic rings. The van der Waals surface area contributed by atoms with E-state index in [1.54, 1.807) is 18.2 Å². The van der Waals surface area contributed by atoms with Gasteiger partial charge in [-0.1, -0.05) is 32.9 Å². The molecule has 0 radical (unpaired) electrons. The molecule has 0 spiro atoms. The van der Waals surface area contributed by atoms with Gasteiger partial charge in [-0.05, 0) is 48.3 Å². The maximum atomic E-state index is 12.2. The quantitative estimate of drug-likeness (QED) is 0.549. The minimum absolute atomic E-state index is 0.111.